The number of benzene rings is 9. The van der Waals surface area contributed by atoms with Crippen LogP contribution in [0.3, 0.4) is 0 Å². The molecule has 0 aromatic heterocycles. The molecule has 9 aromatic carbocycles. The molecular weight excluding hydrogens is 1240 g/mol. The number of rotatable bonds is 20. The fourth-order valence-electron chi connectivity index (χ4n) is 13.0. The van der Waals surface area contributed by atoms with Gasteiger partial charge < -0.3 is 28.7 Å². The van der Waals surface area contributed by atoms with Gasteiger partial charge in [0.2, 0.25) is 11.8 Å². The summed E-state index contributed by atoms with van der Waals surface area (Å²) < 4.78 is 29.3. The predicted molar refractivity (Wildman–Crippen MR) is 390 cm³/mol. The Kier molecular flexibility index (Phi) is 18.7. The zero-order chi connectivity index (χ0) is 69.4. The number of thioether (sulfide) groups is 2. The Labute approximate surface area is 572 Å². The quantitative estimate of drug-likeness (QED) is 0.0405. The maximum Gasteiger partial charge on any atom is 0.262 e. The largest absolute Gasteiger partial charge is 0.457 e. The summed E-state index contributed by atoms with van der Waals surface area (Å²) in [4.78, 5) is 99.7. The van der Waals surface area contributed by atoms with Crippen LogP contribution >= 0.6 is 23.5 Å². The number of hydrogen-bond donors (Lipinski definition) is 0. The number of amides is 6. The van der Waals surface area contributed by atoms with Crippen LogP contribution in [0, 0.1) is 0 Å². The number of ether oxygens (including phenoxy) is 4. The first-order chi connectivity index (χ1) is 45.3. The second-order valence-corrected chi connectivity index (χ2v) is 31.4. The van der Waals surface area contributed by atoms with Crippen molar-refractivity contribution in [3.8, 4) is 46.0 Å². The molecule has 2 atom stereocenters. The van der Waals surface area contributed by atoms with Crippen molar-refractivity contribution in [2.24, 2.45) is 0 Å². The number of fused-ring (bicyclic) bond motifs is 2. The molecule has 500 valence electrons. The third-order valence-electron chi connectivity index (χ3n) is 18.8. The molecule has 0 aliphatic carbocycles. The summed E-state index contributed by atoms with van der Waals surface area (Å²) in [7, 11) is 3.33. The van der Waals surface area contributed by atoms with Crippen molar-refractivity contribution in [3.63, 3.8) is 0 Å². The standard InChI is InChI=1S/C80H88N4O10S2/c1-19-81(15)75(89)57(37-39-95-17)83-71(85)53-41-59(91-49-29-21-45(22-30-49)77(3,4)5)65-67-61(93-51-33-25-47(26-34-51)79(9,10)11)43-55-64-56(74(88)84(73(55)87)58(38-40-96-18)76(90)82(16)20-2)44-62(94-52-35-27-48(28-36-52)80(12,13)14)68(70(64)67)66-60(42-54(72(83)86)63(53)69(65)66)92-50-31-23-46(24-32-50)78(6,7)8/h21-36,41-44,57-58H,19-20,37-40H2,1-18H3. The first-order valence-electron chi connectivity index (χ1n) is 33.0. The molecule has 14 nitrogen and oxygen atoms in total. The summed E-state index contributed by atoms with van der Waals surface area (Å²) in [5, 5.41) is 2.62. The summed E-state index contributed by atoms with van der Waals surface area (Å²) in [6.45, 7) is 29.9. The van der Waals surface area contributed by atoms with Gasteiger partial charge in [0.15, 0.2) is 0 Å². The zero-order valence-corrected chi connectivity index (χ0v) is 60.3. The van der Waals surface area contributed by atoms with Crippen LogP contribution in [0.2, 0.25) is 0 Å². The van der Waals surface area contributed by atoms with E-state index in [2.05, 4.69) is 83.1 Å². The van der Waals surface area contributed by atoms with Crippen molar-refractivity contribution >= 4 is 102 Å². The monoisotopic (exact) mass is 1330 g/mol. The van der Waals surface area contributed by atoms with E-state index in [1.165, 1.54) is 33.3 Å². The molecule has 0 saturated heterocycles. The van der Waals surface area contributed by atoms with Gasteiger partial charge in [0.05, 0.1) is 22.3 Å². The Morgan fingerprint density at radius 3 is 0.781 bits per heavy atom. The topological polar surface area (TPSA) is 152 Å². The molecule has 9 aromatic rings. The number of imide groups is 2. The second kappa shape index (κ2) is 26.1. The molecule has 2 heterocycles. The van der Waals surface area contributed by atoms with Crippen LogP contribution in [0.4, 0.5) is 0 Å². The van der Waals surface area contributed by atoms with E-state index >= 15 is 19.2 Å². The molecule has 2 aliphatic rings. The summed E-state index contributed by atoms with van der Waals surface area (Å²) in [5.74, 6) is -0.436. The highest BCUT2D eigenvalue weighted by Crippen LogP contribution is 2.58. The first-order valence-corrected chi connectivity index (χ1v) is 35.8. The van der Waals surface area contributed by atoms with Crippen LogP contribution in [0.15, 0.2) is 121 Å². The average Bonchev–Trinajstić information content (AvgIpc) is 0.672. The van der Waals surface area contributed by atoms with Crippen molar-refractivity contribution in [2.75, 3.05) is 51.2 Å². The first kappa shape index (κ1) is 68.8. The van der Waals surface area contributed by atoms with Gasteiger partial charge in [-0.25, -0.2) is 0 Å². The average molecular weight is 1330 g/mol. The number of likely N-dealkylation sites (N-methyl/N-ethyl adjacent to an activating group) is 2. The summed E-state index contributed by atoms with van der Waals surface area (Å²) >= 11 is 3.01. The Bertz CT molecular complexity index is 4020. The number of hydrogen-bond acceptors (Lipinski definition) is 12. The van der Waals surface area contributed by atoms with Crippen molar-refractivity contribution in [2.45, 2.75) is 144 Å². The molecule has 0 fully saturated rings. The predicted octanol–water partition coefficient (Wildman–Crippen LogP) is 18.5. The lowest BCUT2D eigenvalue weighted by atomic mass is 9.80. The van der Waals surface area contributed by atoms with Crippen LogP contribution in [0.5, 0.6) is 46.0 Å². The lowest BCUT2D eigenvalue weighted by Gasteiger charge is -2.37. The van der Waals surface area contributed by atoms with Gasteiger partial charge in [0, 0.05) is 70.3 Å². The molecule has 0 spiro atoms. The van der Waals surface area contributed by atoms with E-state index in [9.17, 15) is 9.59 Å². The van der Waals surface area contributed by atoms with Crippen molar-refractivity contribution in [3.05, 3.63) is 166 Å². The van der Waals surface area contributed by atoms with Gasteiger partial charge >= 0.3 is 0 Å². The normalized spacial score (nSPS) is 14.3. The molecule has 6 amide bonds. The molecular formula is C80H88N4O10S2. The number of carbonyl (C=O) groups is 6. The molecule has 0 N–H and O–H groups in total. The number of nitrogens with zero attached hydrogens (tertiary/aromatic N) is 4. The minimum absolute atomic E-state index is 0.0848. The third-order valence-corrected chi connectivity index (χ3v) is 20.1. The highest BCUT2D eigenvalue weighted by Gasteiger charge is 2.47. The highest BCUT2D eigenvalue weighted by atomic mass is 32.2. The van der Waals surface area contributed by atoms with E-state index in [0.29, 0.717) is 79.9 Å². The van der Waals surface area contributed by atoms with E-state index in [-0.39, 0.29) is 90.5 Å². The summed E-state index contributed by atoms with van der Waals surface area (Å²) in [6.07, 6.45) is 4.19. The molecule has 0 bridgehead atoms. The Balaban J connectivity index is 1.38. The smallest absolute Gasteiger partial charge is 0.262 e. The summed E-state index contributed by atoms with van der Waals surface area (Å²) in [6, 6.07) is 35.2. The van der Waals surface area contributed by atoms with Gasteiger partial charge in [-0.1, -0.05) is 132 Å². The van der Waals surface area contributed by atoms with Crippen LogP contribution in [-0.4, -0.2) is 118 Å². The molecule has 2 unspecified atom stereocenters. The Morgan fingerprint density at radius 1 is 0.375 bits per heavy atom. The maximum atomic E-state index is 16.2. The van der Waals surface area contributed by atoms with Gasteiger partial charge in [-0.15, -0.1) is 0 Å². The Morgan fingerprint density at radius 2 is 0.594 bits per heavy atom. The fourth-order valence-corrected chi connectivity index (χ4v) is 14.0. The van der Waals surface area contributed by atoms with Crippen molar-refractivity contribution in [1.29, 1.82) is 0 Å². The van der Waals surface area contributed by atoms with Gasteiger partial charge in [-0.3, -0.25) is 38.6 Å². The SMILES string of the molecule is CCN(C)C(=O)C(CCSC)N1C(=O)c2cc(Oc3ccc(C(C)(C)C)cc3)c3c4c(Oc5ccc(C(C)(C)C)cc5)cc5c6c(cc(Oc7ccc(C(C)(C)C)cc7)c(c7c(Oc8ccc(C(C)(C)C)cc8)cc(c2c37)C1=O)c64)C(=O)N(C(CCSC)C(=O)N(C)CC)C5=O. The van der Waals surface area contributed by atoms with E-state index < -0.39 is 47.5 Å². The van der Waals surface area contributed by atoms with Crippen molar-refractivity contribution < 1.29 is 47.7 Å². The van der Waals surface area contributed by atoms with Gasteiger partial charge in [-0.05, 0) is 167 Å². The fraction of sp³-hybridized carbons (Fsp3) is 0.375. The third kappa shape index (κ3) is 12.6. The second-order valence-electron chi connectivity index (χ2n) is 29.5. The van der Waals surface area contributed by atoms with Crippen LogP contribution in [0.25, 0.3) is 43.1 Å². The van der Waals surface area contributed by atoms with Gasteiger partial charge in [0.1, 0.15) is 58.1 Å². The maximum absolute atomic E-state index is 16.2. The Hall–Kier alpha value is -8.60. The lowest BCUT2D eigenvalue weighted by Crippen LogP contribution is -2.54. The van der Waals surface area contributed by atoms with Crippen LogP contribution in [-0.2, 0) is 31.2 Å². The van der Waals surface area contributed by atoms with E-state index in [1.54, 1.807) is 38.4 Å². The van der Waals surface area contributed by atoms with E-state index in [4.69, 9.17) is 18.9 Å². The molecule has 0 radical (unpaired) electrons. The van der Waals surface area contributed by atoms with Crippen LogP contribution < -0.4 is 18.9 Å². The summed E-state index contributed by atoms with van der Waals surface area (Å²) in [5.41, 5.74) is 3.60. The molecule has 96 heavy (non-hydrogen) atoms. The molecule has 0 saturated carbocycles. The van der Waals surface area contributed by atoms with Crippen LogP contribution in [0.1, 0.15) is 173 Å². The zero-order valence-electron chi connectivity index (χ0n) is 58.6. The lowest BCUT2D eigenvalue weighted by molar-refractivity contribution is -0.134. The minimum Gasteiger partial charge on any atom is -0.457 e. The molecule has 16 heteroatoms. The van der Waals surface area contributed by atoms with Crippen molar-refractivity contribution in [1.82, 2.24) is 19.6 Å². The molecule has 2 aliphatic heterocycles. The van der Waals surface area contributed by atoms with Gasteiger partial charge in [-0.2, -0.15) is 23.5 Å². The minimum atomic E-state index is -1.19. The molecule has 11 rings (SSSR count). The number of carbonyl (C=O) groups excluding carboxylic acids is 6. The van der Waals surface area contributed by atoms with E-state index in [1.807, 2.05) is 123 Å². The highest BCUT2D eigenvalue weighted by molar-refractivity contribution is 7.98. The van der Waals surface area contributed by atoms with Gasteiger partial charge in [0.25, 0.3) is 23.6 Å². The van der Waals surface area contributed by atoms with E-state index in [0.717, 1.165) is 32.1 Å².